The summed E-state index contributed by atoms with van der Waals surface area (Å²) in [6.45, 7) is 0.267. The molecule has 1 aliphatic heterocycles. The van der Waals surface area contributed by atoms with Crippen molar-refractivity contribution in [3.05, 3.63) is 66.1 Å². The molecule has 3 aromatic rings. The molecule has 4 rings (SSSR count). The van der Waals surface area contributed by atoms with Gasteiger partial charge < -0.3 is 15.1 Å². The van der Waals surface area contributed by atoms with Gasteiger partial charge in [0.05, 0.1) is 5.92 Å². The highest BCUT2D eigenvalue weighted by Gasteiger charge is 2.30. The van der Waals surface area contributed by atoms with Crippen LogP contribution < -0.4 is 10.6 Å². The molecule has 130 valence electrons. The number of carbonyl (C=O) groups is 2. The number of aromatic nitrogens is 1. The van der Waals surface area contributed by atoms with Gasteiger partial charge in [0, 0.05) is 24.4 Å². The highest BCUT2D eigenvalue weighted by atomic mass is 16.3. The molecule has 0 saturated carbocycles. The Morgan fingerprint density at radius 3 is 2.73 bits per heavy atom. The van der Waals surface area contributed by atoms with Crippen molar-refractivity contribution < 1.29 is 14.0 Å². The van der Waals surface area contributed by atoms with Gasteiger partial charge >= 0.3 is 0 Å². The van der Waals surface area contributed by atoms with E-state index in [1.54, 1.807) is 11.0 Å². The average Bonchev–Trinajstić information content (AvgIpc) is 3.08. The van der Waals surface area contributed by atoms with E-state index in [-0.39, 0.29) is 12.5 Å². The number of hydrogen-bond acceptors (Lipinski definition) is 4. The molecule has 2 amide bonds. The lowest BCUT2D eigenvalue weighted by Gasteiger charge is -2.32. The van der Waals surface area contributed by atoms with Gasteiger partial charge in [-0.25, -0.2) is 4.98 Å². The van der Waals surface area contributed by atoms with Crippen molar-refractivity contribution in [2.24, 2.45) is 11.7 Å². The number of benzene rings is 2. The van der Waals surface area contributed by atoms with E-state index >= 15 is 0 Å². The second-order valence-electron chi connectivity index (χ2n) is 6.23. The Balaban J connectivity index is 1.61. The van der Waals surface area contributed by atoms with E-state index in [0.717, 1.165) is 16.8 Å². The molecule has 26 heavy (non-hydrogen) atoms. The maximum atomic E-state index is 12.7. The van der Waals surface area contributed by atoms with Gasteiger partial charge in [-0.3, -0.25) is 9.59 Å². The highest BCUT2D eigenvalue weighted by Crippen LogP contribution is 2.30. The van der Waals surface area contributed by atoms with Crippen LogP contribution in [0.25, 0.3) is 17.2 Å². The number of nitrogens with zero attached hydrogens (tertiary/aromatic N) is 2. The van der Waals surface area contributed by atoms with Crippen LogP contribution in [-0.2, 0) is 16.0 Å². The van der Waals surface area contributed by atoms with Crippen LogP contribution in [0.2, 0.25) is 0 Å². The van der Waals surface area contributed by atoms with E-state index < -0.39 is 11.8 Å². The van der Waals surface area contributed by atoms with Crippen molar-refractivity contribution in [2.45, 2.75) is 6.42 Å². The molecule has 1 aliphatic rings. The molecule has 0 fully saturated rings. The quantitative estimate of drug-likeness (QED) is 0.737. The minimum absolute atomic E-state index is 0.245. The Morgan fingerprint density at radius 2 is 1.92 bits per heavy atom. The lowest BCUT2D eigenvalue weighted by atomic mass is 9.92. The zero-order valence-corrected chi connectivity index (χ0v) is 14.0. The molecule has 0 aliphatic carbocycles. The first-order valence-electron chi connectivity index (χ1n) is 8.34. The summed E-state index contributed by atoms with van der Waals surface area (Å²) in [5, 5.41) is 0. The molecule has 0 spiro atoms. The van der Waals surface area contributed by atoms with Gasteiger partial charge in [-0.15, -0.1) is 0 Å². The third-order valence-corrected chi connectivity index (χ3v) is 4.50. The Hall–Kier alpha value is -3.41. The van der Waals surface area contributed by atoms with Crippen LogP contribution in [0.1, 0.15) is 11.5 Å². The van der Waals surface area contributed by atoms with E-state index in [9.17, 15) is 9.59 Å². The third-order valence-electron chi connectivity index (χ3n) is 4.50. The molecule has 2 N–H and O–H groups in total. The van der Waals surface area contributed by atoms with Crippen LogP contribution in [0.5, 0.6) is 0 Å². The lowest BCUT2D eigenvalue weighted by molar-refractivity contribution is -0.121. The molecule has 0 saturated heterocycles. The largest absolute Gasteiger partial charge is 0.437 e. The number of para-hydroxylation sites is 3. The molecular weight excluding hydrogens is 330 g/mol. The fourth-order valence-electron chi connectivity index (χ4n) is 3.19. The van der Waals surface area contributed by atoms with E-state index in [4.69, 9.17) is 10.2 Å². The minimum atomic E-state index is -0.403. The lowest BCUT2D eigenvalue weighted by Crippen LogP contribution is -2.43. The van der Waals surface area contributed by atoms with Crippen molar-refractivity contribution in [1.82, 2.24) is 4.98 Å². The maximum Gasteiger partial charge on any atom is 0.251 e. The first kappa shape index (κ1) is 16.1. The van der Waals surface area contributed by atoms with Crippen LogP contribution in [0, 0.1) is 5.92 Å². The van der Waals surface area contributed by atoms with E-state index in [1.165, 1.54) is 6.08 Å². The zero-order valence-electron chi connectivity index (χ0n) is 14.0. The summed E-state index contributed by atoms with van der Waals surface area (Å²) in [6, 6.07) is 14.9. The maximum absolute atomic E-state index is 12.7. The van der Waals surface area contributed by atoms with E-state index in [0.29, 0.717) is 17.9 Å². The molecular formula is C20H17N3O3. The first-order valence-corrected chi connectivity index (χ1v) is 8.34. The summed E-state index contributed by atoms with van der Waals surface area (Å²) in [5.41, 5.74) is 8.61. The second kappa shape index (κ2) is 6.48. The van der Waals surface area contributed by atoms with Gasteiger partial charge in [0.1, 0.15) is 5.52 Å². The van der Waals surface area contributed by atoms with Gasteiger partial charge in [0.15, 0.2) is 5.58 Å². The predicted octanol–water partition coefficient (Wildman–Crippen LogP) is 2.53. The van der Waals surface area contributed by atoms with Crippen LogP contribution in [-0.4, -0.2) is 23.3 Å². The summed E-state index contributed by atoms with van der Waals surface area (Å²) in [5.74, 6) is -0.686. The van der Waals surface area contributed by atoms with Crippen molar-refractivity contribution >= 4 is 34.7 Å². The van der Waals surface area contributed by atoms with Crippen LogP contribution >= 0.6 is 0 Å². The zero-order chi connectivity index (χ0) is 18.1. The Bertz CT molecular complexity index is 989. The van der Waals surface area contributed by atoms with E-state index in [1.807, 2.05) is 48.5 Å². The predicted molar refractivity (Wildman–Crippen MR) is 98.2 cm³/mol. The van der Waals surface area contributed by atoms with E-state index in [2.05, 4.69) is 4.98 Å². The molecule has 1 atom stereocenters. The molecule has 6 heteroatoms. The normalized spacial score (nSPS) is 16.8. The number of fused-ring (bicyclic) bond motifs is 2. The highest BCUT2D eigenvalue weighted by molar-refractivity contribution is 6.05. The monoisotopic (exact) mass is 347 g/mol. The van der Waals surface area contributed by atoms with Gasteiger partial charge in [-0.2, -0.15) is 0 Å². The fraction of sp³-hybridized carbons (Fsp3) is 0.150. The Morgan fingerprint density at radius 1 is 1.15 bits per heavy atom. The summed E-state index contributed by atoms with van der Waals surface area (Å²) in [6.07, 6.45) is 3.49. The summed E-state index contributed by atoms with van der Waals surface area (Å²) in [7, 11) is 0. The third kappa shape index (κ3) is 2.97. The summed E-state index contributed by atoms with van der Waals surface area (Å²) < 4.78 is 5.59. The number of anilines is 1. The van der Waals surface area contributed by atoms with Gasteiger partial charge in [0.25, 0.3) is 5.91 Å². The van der Waals surface area contributed by atoms with Crippen LogP contribution in [0.4, 0.5) is 5.69 Å². The number of amides is 2. The number of nitrogens with two attached hydrogens (primary N) is 1. The average molecular weight is 347 g/mol. The van der Waals surface area contributed by atoms with Gasteiger partial charge in [-0.1, -0.05) is 30.3 Å². The number of primary amides is 1. The molecule has 2 heterocycles. The Labute approximate surface area is 149 Å². The summed E-state index contributed by atoms with van der Waals surface area (Å²) in [4.78, 5) is 30.3. The number of carbonyl (C=O) groups excluding carboxylic acids is 2. The first-order chi connectivity index (χ1) is 12.6. The van der Waals surface area contributed by atoms with Crippen molar-refractivity contribution in [3.63, 3.8) is 0 Å². The molecule has 6 nitrogen and oxygen atoms in total. The van der Waals surface area contributed by atoms with Crippen LogP contribution in [0.3, 0.4) is 0 Å². The Kier molecular flexibility index (Phi) is 4.01. The number of hydrogen-bond donors (Lipinski definition) is 1. The van der Waals surface area contributed by atoms with Crippen molar-refractivity contribution in [2.75, 3.05) is 11.4 Å². The second-order valence-corrected chi connectivity index (χ2v) is 6.23. The number of oxazole rings is 1. The SMILES string of the molecule is NC(=O)C1Cc2ccccc2N(C(=O)C=Cc2nc3ccccc3o2)C1. The van der Waals surface area contributed by atoms with Gasteiger partial charge in [0.2, 0.25) is 11.8 Å². The fourth-order valence-corrected chi connectivity index (χ4v) is 3.19. The van der Waals surface area contributed by atoms with Crippen molar-refractivity contribution in [3.8, 4) is 0 Å². The number of rotatable bonds is 3. The molecule has 1 unspecified atom stereocenters. The van der Waals surface area contributed by atoms with Crippen LogP contribution in [0.15, 0.2) is 59.0 Å². The summed E-state index contributed by atoms with van der Waals surface area (Å²) >= 11 is 0. The van der Waals surface area contributed by atoms with Crippen molar-refractivity contribution in [1.29, 1.82) is 0 Å². The molecule has 1 aromatic heterocycles. The minimum Gasteiger partial charge on any atom is -0.437 e. The van der Waals surface area contributed by atoms with Gasteiger partial charge in [-0.05, 0) is 30.2 Å². The molecule has 2 aromatic carbocycles. The standard InChI is InChI=1S/C20H17N3O3/c21-20(25)14-11-13-5-1-3-7-16(13)23(12-14)19(24)10-9-18-22-15-6-2-4-8-17(15)26-18/h1-10,14H,11-12H2,(H2,21,25). The molecule has 0 radical (unpaired) electrons. The molecule has 0 bridgehead atoms. The topological polar surface area (TPSA) is 89.4 Å². The smallest absolute Gasteiger partial charge is 0.251 e.